The van der Waals surface area contributed by atoms with E-state index in [9.17, 15) is 0 Å². The highest BCUT2D eigenvalue weighted by atomic mass is 15.2. The van der Waals surface area contributed by atoms with Crippen LogP contribution in [0, 0.1) is 17.2 Å². The van der Waals surface area contributed by atoms with Crippen LogP contribution in [0.25, 0.3) is 0 Å². The third-order valence-corrected chi connectivity index (χ3v) is 4.56. The summed E-state index contributed by atoms with van der Waals surface area (Å²) in [5, 5.41) is 8.83. The fourth-order valence-electron chi connectivity index (χ4n) is 3.29. The Balaban J connectivity index is 1.56. The van der Waals surface area contributed by atoms with Crippen molar-refractivity contribution >= 4 is 5.82 Å². The topological polar surface area (TPSA) is 56.0 Å². The minimum Gasteiger partial charge on any atom is -0.355 e. The summed E-state index contributed by atoms with van der Waals surface area (Å²) in [5.41, 5.74) is 1.74. The van der Waals surface area contributed by atoms with Gasteiger partial charge < -0.3 is 4.90 Å². The largest absolute Gasteiger partial charge is 0.355 e. The smallest absolute Gasteiger partial charge is 0.158 e. The molecule has 24 heavy (non-hydrogen) atoms. The Hall–Kier alpha value is -2.45. The van der Waals surface area contributed by atoms with Crippen LogP contribution in [0.1, 0.15) is 24.6 Å². The van der Waals surface area contributed by atoms with Crippen molar-refractivity contribution in [3.63, 3.8) is 0 Å². The van der Waals surface area contributed by atoms with Crippen LogP contribution in [0.4, 0.5) is 5.82 Å². The molecule has 0 radical (unpaired) electrons. The fourth-order valence-corrected chi connectivity index (χ4v) is 3.29. The number of benzene rings is 1. The summed E-state index contributed by atoms with van der Waals surface area (Å²) >= 11 is 0. The van der Waals surface area contributed by atoms with Gasteiger partial charge in [0, 0.05) is 26.2 Å². The molecule has 5 nitrogen and oxygen atoms in total. The summed E-state index contributed by atoms with van der Waals surface area (Å²) in [6.45, 7) is 7.32. The predicted octanol–water partition coefficient (Wildman–Crippen LogP) is 2.70. The van der Waals surface area contributed by atoms with Gasteiger partial charge in [-0.1, -0.05) is 30.3 Å². The molecular weight excluding hydrogens is 298 g/mol. The summed E-state index contributed by atoms with van der Waals surface area (Å²) < 4.78 is 0. The van der Waals surface area contributed by atoms with E-state index in [4.69, 9.17) is 5.26 Å². The monoisotopic (exact) mass is 321 g/mol. The molecule has 1 aliphatic heterocycles. The molecule has 1 saturated heterocycles. The normalized spacial score (nSPS) is 17.6. The van der Waals surface area contributed by atoms with Crippen LogP contribution in [0.15, 0.2) is 42.7 Å². The highest BCUT2D eigenvalue weighted by Crippen LogP contribution is 2.21. The second kappa shape index (κ2) is 7.89. The third-order valence-electron chi connectivity index (χ3n) is 4.56. The first-order valence-corrected chi connectivity index (χ1v) is 8.52. The van der Waals surface area contributed by atoms with E-state index >= 15 is 0 Å². The molecule has 0 N–H and O–H groups in total. The molecule has 0 bridgehead atoms. The molecule has 0 aliphatic carbocycles. The molecule has 0 saturated carbocycles. The maximum Gasteiger partial charge on any atom is 0.158 e. The van der Waals surface area contributed by atoms with Crippen LogP contribution in [0.5, 0.6) is 0 Å². The minimum atomic E-state index is 0.365. The molecule has 3 rings (SSSR count). The Morgan fingerprint density at radius 2 is 2.08 bits per heavy atom. The highest BCUT2D eigenvalue weighted by Gasteiger charge is 2.24. The van der Waals surface area contributed by atoms with Gasteiger partial charge in [-0.05, 0) is 31.4 Å². The number of nitriles is 1. The number of likely N-dealkylation sites (tertiary alicyclic amines) is 1. The summed E-state index contributed by atoms with van der Waals surface area (Å²) in [5.74, 6) is 1.50. The van der Waals surface area contributed by atoms with E-state index < -0.39 is 0 Å². The van der Waals surface area contributed by atoms with Gasteiger partial charge in [0.1, 0.15) is 11.9 Å². The van der Waals surface area contributed by atoms with Crippen LogP contribution in [0.3, 0.4) is 0 Å². The van der Waals surface area contributed by atoms with Crippen LogP contribution in [-0.2, 0) is 6.54 Å². The van der Waals surface area contributed by atoms with E-state index in [0.717, 1.165) is 38.5 Å². The molecule has 2 heterocycles. The maximum atomic E-state index is 8.83. The molecule has 1 fully saturated rings. The van der Waals surface area contributed by atoms with Gasteiger partial charge in [0.2, 0.25) is 0 Å². The first kappa shape index (κ1) is 16.4. The van der Waals surface area contributed by atoms with Crippen molar-refractivity contribution in [3.8, 4) is 6.07 Å². The van der Waals surface area contributed by atoms with E-state index in [1.165, 1.54) is 12.0 Å². The van der Waals surface area contributed by atoms with Crippen molar-refractivity contribution in [3.05, 3.63) is 54.0 Å². The molecule has 5 heteroatoms. The van der Waals surface area contributed by atoms with Crippen molar-refractivity contribution in [1.29, 1.82) is 5.26 Å². The maximum absolute atomic E-state index is 8.83. The minimum absolute atomic E-state index is 0.365. The molecule has 1 aromatic carbocycles. The average Bonchev–Trinajstić information content (AvgIpc) is 3.07. The van der Waals surface area contributed by atoms with Crippen LogP contribution in [0.2, 0.25) is 0 Å². The Bertz CT molecular complexity index is 677. The van der Waals surface area contributed by atoms with Gasteiger partial charge in [-0.15, -0.1) is 0 Å². The number of rotatable bonds is 6. The zero-order valence-corrected chi connectivity index (χ0v) is 14.1. The summed E-state index contributed by atoms with van der Waals surface area (Å²) in [6, 6.07) is 12.7. The first-order chi connectivity index (χ1) is 11.8. The van der Waals surface area contributed by atoms with E-state index in [-0.39, 0.29) is 0 Å². The Labute approximate surface area is 143 Å². The lowest BCUT2D eigenvalue weighted by atomic mass is 10.1. The van der Waals surface area contributed by atoms with Crippen molar-refractivity contribution in [2.75, 3.05) is 31.1 Å². The molecule has 124 valence electrons. The molecular formula is C19H23N5. The van der Waals surface area contributed by atoms with E-state index in [1.807, 2.05) is 6.07 Å². The van der Waals surface area contributed by atoms with Crippen molar-refractivity contribution in [1.82, 2.24) is 14.9 Å². The van der Waals surface area contributed by atoms with E-state index in [0.29, 0.717) is 11.6 Å². The standard InChI is InChI=1S/C19H23N5/c1-2-24(19-12-21-18(10-20)11-22-19)15-17-8-9-23(14-17)13-16-6-4-3-5-7-16/h3-7,11-12,17H,2,8-9,13-15H2,1H3. The molecule has 1 atom stereocenters. The summed E-state index contributed by atoms with van der Waals surface area (Å²) in [4.78, 5) is 13.3. The first-order valence-electron chi connectivity index (χ1n) is 8.52. The lowest BCUT2D eigenvalue weighted by Crippen LogP contribution is -2.31. The van der Waals surface area contributed by atoms with Gasteiger partial charge in [-0.2, -0.15) is 5.26 Å². The zero-order valence-electron chi connectivity index (χ0n) is 14.1. The summed E-state index contributed by atoms with van der Waals surface area (Å²) in [7, 11) is 0. The van der Waals surface area contributed by atoms with Gasteiger partial charge in [-0.25, -0.2) is 9.97 Å². The molecule has 0 amide bonds. The molecule has 1 aliphatic rings. The van der Waals surface area contributed by atoms with Crippen LogP contribution in [-0.4, -0.2) is 41.0 Å². The predicted molar refractivity (Wildman–Crippen MR) is 94.5 cm³/mol. The Kier molecular flexibility index (Phi) is 5.39. The fraction of sp³-hybridized carbons (Fsp3) is 0.421. The van der Waals surface area contributed by atoms with Crippen LogP contribution < -0.4 is 4.90 Å². The van der Waals surface area contributed by atoms with E-state index in [1.54, 1.807) is 12.4 Å². The van der Waals surface area contributed by atoms with Gasteiger partial charge in [-0.3, -0.25) is 4.90 Å². The third kappa shape index (κ3) is 4.09. The highest BCUT2D eigenvalue weighted by molar-refractivity contribution is 5.37. The lowest BCUT2D eigenvalue weighted by Gasteiger charge is -2.25. The molecule has 0 spiro atoms. The molecule has 1 aromatic heterocycles. The summed E-state index contributed by atoms with van der Waals surface area (Å²) in [6.07, 6.45) is 4.47. The second-order valence-electron chi connectivity index (χ2n) is 6.29. The van der Waals surface area contributed by atoms with Crippen molar-refractivity contribution in [2.45, 2.75) is 19.9 Å². The van der Waals surface area contributed by atoms with E-state index in [2.05, 4.69) is 57.0 Å². The molecule has 1 unspecified atom stereocenters. The van der Waals surface area contributed by atoms with Crippen LogP contribution >= 0.6 is 0 Å². The molecule has 2 aromatic rings. The number of anilines is 1. The Morgan fingerprint density at radius 3 is 2.75 bits per heavy atom. The van der Waals surface area contributed by atoms with Crippen molar-refractivity contribution < 1.29 is 0 Å². The SMILES string of the molecule is CCN(CC1CCN(Cc2ccccc2)C1)c1cnc(C#N)cn1. The quantitative estimate of drug-likeness (QED) is 0.819. The Morgan fingerprint density at radius 1 is 1.25 bits per heavy atom. The zero-order chi connectivity index (χ0) is 16.8. The lowest BCUT2D eigenvalue weighted by molar-refractivity contribution is 0.317. The second-order valence-corrected chi connectivity index (χ2v) is 6.29. The number of nitrogens with zero attached hydrogens (tertiary/aromatic N) is 5. The van der Waals surface area contributed by atoms with Gasteiger partial charge in [0.15, 0.2) is 5.69 Å². The van der Waals surface area contributed by atoms with Gasteiger partial charge in [0.25, 0.3) is 0 Å². The number of hydrogen-bond donors (Lipinski definition) is 0. The van der Waals surface area contributed by atoms with Crippen molar-refractivity contribution in [2.24, 2.45) is 5.92 Å². The number of aromatic nitrogens is 2. The van der Waals surface area contributed by atoms with Gasteiger partial charge >= 0.3 is 0 Å². The number of hydrogen-bond acceptors (Lipinski definition) is 5. The van der Waals surface area contributed by atoms with Gasteiger partial charge in [0.05, 0.1) is 12.4 Å². The average molecular weight is 321 g/mol.